The van der Waals surface area contributed by atoms with E-state index in [1.54, 1.807) is 4.57 Å². The highest BCUT2D eigenvalue weighted by molar-refractivity contribution is 6.07. The lowest BCUT2D eigenvalue weighted by molar-refractivity contribution is -0.679. The van der Waals surface area contributed by atoms with Crippen LogP contribution in [0.1, 0.15) is 23.8 Å². The summed E-state index contributed by atoms with van der Waals surface area (Å²) in [5.74, 6) is 0.0434. The molecule has 0 aliphatic heterocycles. The molecule has 0 unspecified atom stereocenters. The molecule has 0 fully saturated rings. The molecule has 0 atom stereocenters. The molecule has 2 aromatic heterocycles. The molecular weight excluding hydrogens is 360 g/mol. The van der Waals surface area contributed by atoms with E-state index < -0.39 is 0 Å². The van der Waals surface area contributed by atoms with Gasteiger partial charge in [0.05, 0.1) is 27.0 Å². The number of fused-ring (bicyclic) bond motifs is 1. The molecule has 0 bridgehead atoms. The van der Waals surface area contributed by atoms with E-state index in [1.165, 1.54) is 14.2 Å². The van der Waals surface area contributed by atoms with E-state index in [9.17, 15) is 4.79 Å². The van der Waals surface area contributed by atoms with Crippen molar-refractivity contribution < 1.29 is 18.8 Å². The van der Waals surface area contributed by atoms with Gasteiger partial charge in [0.25, 0.3) is 5.91 Å². The fourth-order valence-electron chi connectivity index (χ4n) is 2.92. The molecule has 3 aromatic rings. The third-order valence-electron chi connectivity index (χ3n) is 4.30. The van der Waals surface area contributed by atoms with Crippen LogP contribution in [-0.2, 0) is 7.05 Å². The number of nitrogen functional groups attached to an aromatic ring is 1. The quantitative estimate of drug-likeness (QED) is 0.616. The van der Waals surface area contributed by atoms with Gasteiger partial charge < -0.3 is 20.5 Å². The van der Waals surface area contributed by atoms with Gasteiger partial charge in [-0.15, -0.1) is 10.2 Å². The highest BCUT2D eigenvalue weighted by atomic mass is 16.5. The number of nitrogens with two attached hydrogens (primary N) is 1. The minimum Gasteiger partial charge on any atom is -0.462 e. The predicted molar refractivity (Wildman–Crippen MR) is 104 cm³/mol. The highest BCUT2D eigenvalue weighted by Crippen LogP contribution is 2.34. The predicted octanol–water partition coefficient (Wildman–Crippen LogP) is 1.26. The second kappa shape index (κ2) is 8.03. The maximum atomic E-state index is 12.3. The highest BCUT2D eigenvalue weighted by Gasteiger charge is 2.24. The average Bonchev–Trinajstić information content (AvgIpc) is 2.71. The summed E-state index contributed by atoms with van der Waals surface area (Å²) >= 11 is 0. The number of aryl methyl sites for hydroxylation is 1. The molecule has 1 amide bonds. The largest absolute Gasteiger partial charge is 0.501 e. The Kier molecular flexibility index (Phi) is 5.53. The number of carbonyl (C=O) groups excluding carboxylic acids is 1. The van der Waals surface area contributed by atoms with Crippen molar-refractivity contribution in [1.29, 1.82) is 0 Å². The van der Waals surface area contributed by atoms with Crippen molar-refractivity contribution >= 4 is 22.5 Å². The summed E-state index contributed by atoms with van der Waals surface area (Å²) in [6.07, 6.45) is 2.65. The first kappa shape index (κ1) is 19.3. The van der Waals surface area contributed by atoms with Gasteiger partial charge in [0.2, 0.25) is 0 Å². The first-order chi connectivity index (χ1) is 13.5. The van der Waals surface area contributed by atoms with Gasteiger partial charge >= 0.3 is 11.9 Å². The monoisotopic (exact) mass is 383 g/mol. The third kappa shape index (κ3) is 3.38. The number of hydrogen-bond donors (Lipinski definition) is 2. The van der Waals surface area contributed by atoms with Crippen molar-refractivity contribution in [3.8, 4) is 23.0 Å². The second-order valence-corrected chi connectivity index (χ2v) is 6.18. The molecule has 28 heavy (non-hydrogen) atoms. The molecule has 0 aliphatic rings. The molecule has 0 spiro atoms. The summed E-state index contributed by atoms with van der Waals surface area (Å²) in [6, 6.07) is 5.93. The number of aromatic nitrogens is 4. The zero-order valence-corrected chi connectivity index (χ0v) is 16.3. The van der Waals surface area contributed by atoms with Crippen molar-refractivity contribution in [2.75, 3.05) is 26.5 Å². The van der Waals surface area contributed by atoms with Crippen molar-refractivity contribution in [2.45, 2.75) is 13.3 Å². The van der Waals surface area contributed by atoms with E-state index in [1.807, 2.05) is 38.4 Å². The fourth-order valence-corrected chi connectivity index (χ4v) is 2.92. The van der Waals surface area contributed by atoms with Crippen LogP contribution in [-0.4, -0.2) is 41.9 Å². The van der Waals surface area contributed by atoms with E-state index in [-0.39, 0.29) is 17.3 Å². The van der Waals surface area contributed by atoms with Gasteiger partial charge in [0, 0.05) is 22.5 Å². The molecule has 3 N–H and O–H groups in total. The van der Waals surface area contributed by atoms with Crippen LogP contribution in [0.3, 0.4) is 0 Å². The molecule has 0 saturated carbocycles. The van der Waals surface area contributed by atoms with E-state index in [0.717, 1.165) is 12.0 Å². The minimum atomic E-state index is -0.339. The summed E-state index contributed by atoms with van der Waals surface area (Å²) in [6.45, 7) is 2.52. The molecule has 0 saturated heterocycles. The van der Waals surface area contributed by atoms with Crippen molar-refractivity contribution in [2.24, 2.45) is 7.05 Å². The summed E-state index contributed by atoms with van der Waals surface area (Å²) in [7, 11) is 4.89. The Morgan fingerprint density at radius 2 is 2.00 bits per heavy atom. The van der Waals surface area contributed by atoms with Crippen LogP contribution in [0.25, 0.3) is 22.0 Å². The van der Waals surface area contributed by atoms with Crippen LogP contribution >= 0.6 is 0 Å². The number of nitrogens with zero attached hydrogens (tertiary/aromatic N) is 4. The summed E-state index contributed by atoms with van der Waals surface area (Å²) in [5.41, 5.74) is 8.64. The number of anilines is 1. The van der Waals surface area contributed by atoms with Crippen molar-refractivity contribution in [3.05, 3.63) is 30.1 Å². The molecule has 9 heteroatoms. The van der Waals surface area contributed by atoms with Gasteiger partial charge in [0.1, 0.15) is 17.3 Å². The second-order valence-electron chi connectivity index (χ2n) is 6.18. The smallest absolute Gasteiger partial charge is 0.462 e. The first-order valence-electron chi connectivity index (χ1n) is 8.83. The Morgan fingerprint density at radius 1 is 1.21 bits per heavy atom. The maximum Gasteiger partial charge on any atom is 0.501 e. The van der Waals surface area contributed by atoms with Gasteiger partial charge in [0.15, 0.2) is 5.69 Å². The zero-order valence-electron chi connectivity index (χ0n) is 16.3. The Bertz CT molecular complexity index is 1040. The third-order valence-corrected chi connectivity index (χ3v) is 4.30. The lowest BCUT2D eigenvalue weighted by Crippen LogP contribution is -2.31. The number of benzene rings is 1. The van der Waals surface area contributed by atoms with Gasteiger partial charge in [-0.2, -0.15) is 4.57 Å². The zero-order chi connectivity index (χ0) is 20.3. The fraction of sp³-hybridized carbons (Fsp3) is 0.316. The molecule has 3 rings (SSSR count). The van der Waals surface area contributed by atoms with Gasteiger partial charge in [-0.05, 0) is 6.42 Å². The van der Waals surface area contributed by atoms with Crippen molar-refractivity contribution in [3.63, 3.8) is 0 Å². The number of carbonyl (C=O) groups is 1. The van der Waals surface area contributed by atoms with E-state index in [0.29, 0.717) is 34.9 Å². The molecule has 9 nitrogen and oxygen atoms in total. The van der Waals surface area contributed by atoms with E-state index >= 15 is 0 Å². The number of methoxy groups -OCH3 is 2. The van der Waals surface area contributed by atoms with Crippen LogP contribution in [0.4, 0.5) is 5.69 Å². The standard InChI is InChI=1S/C19H22N6O3/c1-5-9-21-17(26)16-14(20)12-8-6-7-11(15(12)23-24-16)13-10-25(2)19(28-4)22-18(13)27-3/h6-8,10H,5,9H2,1-4H3,(H2-,20,21,23,26)/p+1. The topological polar surface area (TPSA) is 116 Å². The van der Waals surface area contributed by atoms with E-state index in [4.69, 9.17) is 15.2 Å². The number of amides is 1. The van der Waals surface area contributed by atoms with Gasteiger partial charge in [-0.3, -0.25) is 4.79 Å². The lowest BCUT2D eigenvalue weighted by atomic mass is 10.0. The maximum absolute atomic E-state index is 12.3. The summed E-state index contributed by atoms with van der Waals surface area (Å²) in [4.78, 5) is 16.7. The lowest BCUT2D eigenvalue weighted by Gasteiger charge is -2.11. The van der Waals surface area contributed by atoms with Crippen LogP contribution in [0.2, 0.25) is 0 Å². The molecule has 0 aliphatic carbocycles. The Balaban J connectivity index is 2.18. The van der Waals surface area contributed by atoms with Crippen LogP contribution in [0.15, 0.2) is 24.4 Å². The molecule has 1 aromatic carbocycles. The normalized spacial score (nSPS) is 10.7. The molecule has 146 valence electrons. The Hall–Kier alpha value is -3.49. The Labute approximate surface area is 162 Å². The minimum absolute atomic E-state index is 0.114. The molecular formula is C19H23N6O3+. The molecule has 0 radical (unpaired) electrons. The van der Waals surface area contributed by atoms with Crippen LogP contribution in [0, 0.1) is 0 Å². The Morgan fingerprint density at radius 3 is 2.68 bits per heavy atom. The SMILES string of the molecule is CCCNC(=O)c1nnc2c(-c3c[n+](C)c(OC)nc3OC)cccc2c1N. The molecule has 2 heterocycles. The number of hydrogen-bond acceptors (Lipinski definition) is 7. The van der Waals surface area contributed by atoms with E-state index in [2.05, 4.69) is 20.5 Å². The van der Waals surface area contributed by atoms with Crippen LogP contribution in [0.5, 0.6) is 11.9 Å². The number of rotatable bonds is 6. The summed E-state index contributed by atoms with van der Waals surface area (Å²) in [5, 5.41) is 11.8. The average molecular weight is 383 g/mol. The number of nitrogens with one attached hydrogen (secondary N) is 1. The summed E-state index contributed by atoms with van der Waals surface area (Å²) < 4.78 is 12.4. The van der Waals surface area contributed by atoms with Crippen LogP contribution < -0.4 is 25.1 Å². The van der Waals surface area contributed by atoms with Gasteiger partial charge in [-0.1, -0.05) is 25.1 Å². The van der Waals surface area contributed by atoms with Crippen molar-refractivity contribution in [1.82, 2.24) is 20.5 Å². The van der Waals surface area contributed by atoms with Gasteiger partial charge in [-0.25, -0.2) is 0 Å². The number of ether oxygens (including phenoxy) is 2. The first-order valence-corrected chi connectivity index (χ1v) is 8.83.